The number of benzene rings is 1. The van der Waals surface area contributed by atoms with Crippen molar-refractivity contribution in [3.8, 4) is 11.5 Å². The van der Waals surface area contributed by atoms with Crippen LogP contribution in [0.15, 0.2) is 12.1 Å². The number of ketones is 1. The van der Waals surface area contributed by atoms with Crippen molar-refractivity contribution < 1.29 is 24.2 Å². The fraction of sp³-hybridized carbons (Fsp3) is 0.333. The van der Waals surface area contributed by atoms with Gasteiger partial charge in [-0.2, -0.15) is 0 Å². The normalized spacial score (nSPS) is 9.82. The van der Waals surface area contributed by atoms with Crippen molar-refractivity contribution in [3.05, 3.63) is 23.3 Å². The first-order valence-electron chi connectivity index (χ1n) is 4.97. The second kappa shape index (κ2) is 5.34. The lowest BCUT2D eigenvalue weighted by molar-refractivity contribution is -0.148. The first-order chi connectivity index (χ1) is 7.99. The molecule has 0 fully saturated rings. The van der Waals surface area contributed by atoms with Crippen LogP contribution in [0.3, 0.4) is 0 Å². The summed E-state index contributed by atoms with van der Waals surface area (Å²) < 4.78 is 10.3. The smallest absolute Gasteiger partial charge is 0.372 e. The van der Waals surface area contributed by atoms with Gasteiger partial charge in [0.05, 0.1) is 14.2 Å². The van der Waals surface area contributed by atoms with Crippen molar-refractivity contribution in [2.24, 2.45) is 0 Å². The van der Waals surface area contributed by atoms with E-state index in [1.165, 1.54) is 14.2 Å². The molecule has 0 spiro atoms. The van der Waals surface area contributed by atoms with E-state index in [1.54, 1.807) is 12.1 Å². The van der Waals surface area contributed by atoms with Crippen molar-refractivity contribution in [1.29, 1.82) is 0 Å². The van der Waals surface area contributed by atoms with Crippen molar-refractivity contribution in [2.75, 3.05) is 14.2 Å². The molecule has 0 aliphatic rings. The molecular weight excluding hydrogens is 224 g/mol. The van der Waals surface area contributed by atoms with Crippen LogP contribution in [0.5, 0.6) is 11.5 Å². The number of carboxylic acid groups (broad SMARTS) is 1. The third-order valence-corrected chi connectivity index (χ3v) is 2.42. The molecule has 0 heterocycles. The molecule has 5 heteroatoms. The Morgan fingerprint density at radius 3 is 2.00 bits per heavy atom. The Kier molecular flexibility index (Phi) is 4.09. The van der Waals surface area contributed by atoms with Crippen LogP contribution in [0.4, 0.5) is 0 Å². The number of ether oxygens (including phenoxy) is 2. The van der Waals surface area contributed by atoms with Gasteiger partial charge in [-0.15, -0.1) is 0 Å². The molecule has 0 aliphatic carbocycles. The predicted octanol–water partition coefficient (Wildman–Crippen LogP) is 1.21. The first-order valence-corrected chi connectivity index (χ1v) is 4.97. The van der Waals surface area contributed by atoms with E-state index in [1.807, 2.05) is 6.92 Å². The summed E-state index contributed by atoms with van der Waals surface area (Å²) in [6.07, 6.45) is -0.178. The maximum atomic E-state index is 11.1. The minimum Gasteiger partial charge on any atom is -0.496 e. The third-order valence-electron chi connectivity index (χ3n) is 2.42. The summed E-state index contributed by atoms with van der Waals surface area (Å²) in [7, 11) is 3.01. The molecule has 0 saturated carbocycles. The van der Waals surface area contributed by atoms with Gasteiger partial charge in [-0.05, 0) is 24.6 Å². The van der Waals surface area contributed by atoms with E-state index in [9.17, 15) is 9.59 Å². The molecular formula is C12H14O5. The van der Waals surface area contributed by atoms with Gasteiger partial charge in [-0.3, -0.25) is 4.79 Å². The van der Waals surface area contributed by atoms with Gasteiger partial charge >= 0.3 is 5.97 Å². The summed E-state index contributed by atoms with van der Waals surface area (Å²) >= 11 is 0. The van der Waals surface area contributed by atoms with Crippen LogP contribution in [0, 0.1) is 6.92 Å². The molecule has 0 aromatic heterocycles. The number of carboxylic acids is 1. The highest BCUT2D eigenvalue weighted by Gasteiger charge is 2.15. The molecule has 17 heavy (non-hydrogen) atoms. The first kappa shape index (κ1) is 13.0. The van der Waals surface area contributed by atoms with E-state index < -0.39 is 11.8 Å². The van der Waals surface area contributed by atoms with E-state index in [2.05, 4.69) is 0 Å². The van der Waals surface area contributed by atoms with Crippen LogP contribution in [0.25, 0.3) is 0 Å². The van der Waals surface area contributed by atoms with Gasteiger partial charge in [0.1, 0.15) is 11.5 Å². The number of rotatable bonds is 5. The lowest BCUT2D eigenvalue weighted by Gasteiger charge is -2.11. The minimum atomic E-state index is -1.44. The van der Waals surface area contributed by atoms with E-state index >= 15 is 0 Å². The van der Waals surface area contributed by atoms with E-state index in [4.69, 9.17) is 14.6 Å². The highest BCUT2D eigenvalue weighted by molar-refractivity contribution is 6.33. The van der Waals surface area contributed by atoms with Gasteiger partial charge < -0.3 is 14.6 Å². The standard InChI is InChI=1S/C12H14O5/c1-7-10(16-2)5-8(6-11(7)17-3)4-9(13)12(14)15/h5-6H,4H2,1-3H3,(H,14,15). The Balaban J connectivity index is 3.09. The Morgan fingerprint density at radius 1 is 1.18 bits per heavy atom. The predicted molar refractivity (Wildman–Crippen MR) is 60.6 cm³/mol. The lowest BCUT2D eigenvalue weighted by Crippen LogP contribution is -2.15. The van der Waals surface area contributed by atoms with Crippen LogP contribution < -0.4 is 9.47 Å². The average molecular weight is 238 g/mol. The molecule has 0 aliphatic heterocycles. The van der Waals surface area contributed by atoms with Gasteiger partial charge in [-0.25, -0.2) is 4.79 Å². The molecule has 1 N–H and O–H groups in total. The van der Waals surface area contributed by atoms with Crippen LogP contribution in [0.2, 0.25) is 0 Å². The number of carbonyl (C=O) groups excluding carboxylic acids is 1. The highest BCUT2D eigenvalue weighted by Crippen LogP contribution is 2.29. The number of aliphatic carboxylic acids is 1. The Morgan fingerprint density at radius 2 is 1.65 bits per heavy atom. The summed E-state index contributed by atoms with van der Waals surface area (Å²) in [4.78, 5) is 21.6. The summed E-state index contributed by atoms with van der Waals surface area (Å²) in [5.74, 6) is -1.17. The van der Waals surface area contributed by atoms with Gasteiger partial charge in [-0.1, -0.05) is 0 Å². The van der Waals surface area contributed by atoms with Crippen LogP contribution >= 0.6 is 0 Å². The van der Waals surface area contributed by atoms with Crippen LogP contribution in [-0.4, -0.2) is 31.1 Å². The summed E-state index contributed by atoms with van der Waals surface area (Å²) in [6.45, 7) is 1.82. The summed E-state index contributed by atoms with van der Waals surface area (Å²) in [5, 5.41) is 8.54. The van der Waals surface area contributed by atoms with Gasteiger partial charge in [0.2, 0.25) is 5.78 Å². The highest BCUT2D eigenvalue weighted by atomic mass is 16.5. The minimum absolute atomic E-state index is 0.178. The lowest BCUT2D eigenvalue weighted by atomic mass is 10.0. The van der Waals surface area contributed by atoms with E-state index in [0.29, 0.717) is 17.1 Å². The van der Waals surface area contributed by atoms with E-state index in [0.717, 1.165) is 5.56 Å². The second-order valence-corrected chi connectivity index (χ2v) is 3.53. The SMILES string of the molecule is COc1cc(CC(=O)C(=O)O)cc(OC)c1C. The Hall–Kier alpha value is -2.04. The maximum absolute atomic E-state index is 11.1. The molecule has 0 bridgehead atoms. The van der Waals surface area contributed by atoms with Crippen LogP contribution in [0.1, 0.15) is 11.1 Å². The van der Waals surface area contributed by atoms with Crippen molar-refractivity contribution in [2.45, 2.75) is 13.3 Å². The second-order valence-electron chi connectivity index (χ2n) is 3.53. The number of carbonyl (C=O) groups is 2. The Labute approximate surface area is 99.0 Å². The van der Waals surface area contributed by atoms with Crippen molar-refractivity contribution >= 4 is 11.8 Å². The zero-order chi connectivity index (χ0) is 13.0. The molecule has 0 saturated heterocycles. The number of methoxy groups -OCH3 is 2. The topological polar surface area (TPSA) is 72.8 Å². The van der Waals surface area contributed by atoms with Crippen molar-refractivity contribution in [1.82, 2.24) is 0 Å². The molecule has 0 radical (unpaired) electrons. The van der Waals surface area contributed by atoms with Crippen molar-refractivity contribution in [3.63, 3.8) is 0 Å². The fourth-order valence-corrected chi connectivity index (χ4v) is 1.50. The molecule has 0 amide bonds. The largest absolute Gasteiger partial charge is 0.496 e. The quantitative estimate of drug-likeness (QED) is 0.780. The maximum Gasteiger partial charge on any atom is 0.372 e. The molecule has 92 valence electrons. The number of hydrogen-bond donors (Lipinski definition) is 1. The van der Waals surface area contributed by atoms with Gasteiger partial charge in [0.25, 0.3) is 0 Å². The third kappa shape index (κ3) is 2.96. The molecule has 0 atom stereocenters. The molecule has 1 aromatic carbocycles. The monoisotopic (exact) mass is 238 g/mol. The molecule has 0 unspecified atom stereocenters. The van der Waals surface area contributed by atoms with Gasteiger partial charge in [0, 0.05) is 12.0 Å². The fourth-order valence-electron chi connectivity index (χ4n) is 1.50. The van der Waals surface area contributed by atoms with Gasteiger partial charge in [0.15, 0.2) is 0 Å². The number of Topliss-reactive ketones (excluding diaryl/α,β-unsaturated/α-hetero) is 1. The molecule has 1 aromatic rings. The molecule has 5 nitrogen and oxygen atoms in total. The average Bonchev–Trinajstić information content (AvgIpc) is 2.30. The zero-order valence-corrected chi connectivity index (χ0v) is 9.94. The zero-order valence-electron chi connectivity index (χ0n) is 9.94. The molecule has 1 rings (SSSR count). The summed E-state index contributed by atoms with van der Waals surface area (Å²) in [5.41, 5.74) is 1.36. The number of hydrogen-bond acceptors (Lipinski definition) is 4. The Bertz CT molecular complexity index is 425. The van der Waals surface area contributed by atoms with Crippen LogP contribution in [-0.2, 0) is 16.0 Å². The van der Waals surface area contributed by atoms with E-state index in [-0.39, 0.29) is 6.42 Å². The summed E-state index contributed by atoms with van der Waals surface area (Å²) in [6, 6.07) is 3.28.